The van der Waals surface area contributed by atoms with Crippen molar-refractivity contribution < 1.29 is 4.79 Å². The van der Waals surface area contributed by atoms with Crippen LogP contribution in [-0.2, 0) is 4.79 Å². The Morgan fingerprint density at radius 2 is 1.78 bits per heavy atom. The molecule has 0 heterocycles. The van der Waals surface area contributed by atoms with Crippen molar-refractivity contribution >= 4 is 5.91 Å². The average molecular weight is 254 g/mol. The number of hydrogen-bond donors (Lipinski definition) is 1. The Bertz CT molecular complexity index is 295. The van der Waals surface area contributed by atoms with Crippen molar-refractivity contribution in [2.45, 2.75) is 53.5 Å². The zero-order valence-electron chi connectivity index (χ0n) is 12.9. The third-order valence-electron chi connectivity index (χ3n) is 4.09. The zero-order chi connectivity index (χ0) is 14.1. The lowest BCUT2D eigenvalue weighted by Gasteiger charge is -2.39. The highest BCUT2D eigenvalue weighted by Gasteiger charge is 2.36. The largest absolute Gasteiger partial charge is 0.345 e. The summed E-state index contributed by atoms with van der Waals surface area (Å²) in [6.45, 7) is 11.7. The molecule has 0 aromatic heterocycles. The quantitative estimate of drug-likeness (QED) is 0.823. The van der Waals surface area contributed by atoms with E-state index < -0.39 is 0 Å². The van der Waals surface area contributed by atoms with Crippen molar-refractivity contribution in [2.24, 2.45) is 28.9 Å². The first kappa shape index (κ1) is 15.5. The summed E-state index contributed by atoms with van der Waals surface area (Å²) in [6.07, 6.45) is 1.91. The van der Waals surface area contributed by atoms with Crippen LogP contribution in [0.3, 0.4) is 0 Å². The zero-order valence-corrected chi connectivity index (χ0v) is 12.9. The Hall–Kier alpha value is -0.570. The number of rotatable bonds is 2. The van der Waals surface area contributed by atoms with Crippen LogP contribution >= 0.6 is 0 Å². The maximum atomic E-state index is 12.5. The molecule has 2 N–H and O–H groups in total. The van der Waals surface area contributed by atoms with E-state index in [0.717, 1.165) is 19.4 Å². The summed E-state index contributed by atoms with van der Waals surface area (Å²) in [5.41, 5.74) is 6.28. The third kappa shape index (κ3) is 3.98. The molecule has 0 radical (unpaired) electrons. The molecule has 0 aliphatic heterocycles. The van der Waals surface area contributed by atoms with Crippen molar-refractivity contribution in [1.29, 1.82) is 0 Å². The van der Waals surface area contributed by atoms with E-state index in [4.69, 9.17) is 5.73 Å². The molecule has 1 amide bonds. The fourth-order valence-corrected chi connectivity index (χ4v) is 3.10. The van der Waals surface area contributed by atoms with Crippen LogP contribution in [-0.4, -0.2) is 30.4 Å². The van der Waals surface area contributed by atoms with E-state index in [1.165, 1.54) is 0 Å². The highest BCUT2D eigenvalue weighted by atomic mass is 16.2. The monoisotopic (exact) mass is 254 g/mol. The minimum Gasteiger partial charge on any atom is -0.345 e. The molecule has 3 heteroatoms. The topological polar surface area (TPSA) is 46.3 Å². The molecule has 0 spiro atoms. The van der Waals surface area contributed by atoms with Gasteiger partial charge in [0, 0.05) is 25.6 Å². The second-order valence-electron chi connectivity index (χ2n) is 7.45. The maximum Gasteiger partial charge on any atom is 0.225 e. The lowest BCUT2D eigenvalue weighted by Crippen LogP contribution is -2.47. The Labute approximate surface area is 112 Å². The molecule has 0 bridgehead atoms. The SMILES string of the molecule is CC1CC(C)C(C(=O)N(C)CC(C)(C)C)CC1N. The van der Waals surface area contributed by atoms with Gasteiger partial charge in [-0.15, -0.1) is 0 Å². The molecule has 1 rings (SSSR count). The summed E-state index contributed by atoms with van der Waals surface area (Å²) >= 11 is 0. The van der Waals surface area contributed by atoms with E-state index in [-0.39, 0.29) is 23.3 Å². The van der Waals surface area contributed by atoms with Gasteiger partial charge in [0.1, 0.15) is 0 Å². The van der Waals surface area contributed by atoms with Crippen LogP contribution in [0.1, 0.15) is 47.5 Å². The van der Waals surface area contributed by atoms with Gasteiger partial charge < -0.3 is 10.6 Å². The van der Waals surface area contributed by atoms with Gasteiger partial charge in [-0.25, -0.2) is 0 Å². The molecule has 4 atom stereocenters. The fourth-order valence-electron chi connectivity index (χ4n) is 3.10. The van der Waals surface area contributed by atoms with Crippen LogP contribution in [0.15, 0.2) is 0 Å². The van der Waals surface area contributed by atoms with E-state index >= 15 is 0 Å². The van der Waals surface area contributed by atoms with Crippen LogP contribution in [0.2, 0.25) is 0 Å². The maximum absolute atomic E-state index is 12.5. The van der Waals surface area contributed by atoms with E-state index in [2.05, 4.69) is 34.6 Å². The highest BCUT2D eigenvalue weighted by Crippen LogP contribution is 2.34. The minimum absolute atomic E-state index is 0.114. The number of amides is 1. The fraction of sp³-hybridized carbons (Fsp3) is 0.933. The van der Waals surface area contributed by atoms with Crippen LogP contribution in [0.4, 0.5) is 0 Å². The molecule has 1 fully saturated rings. The third-order valence-corrected chi connectivity index (χ3v) is 4.09. The number of carbonyl (C=O) groups excluding carboxylic acids is 1. The summed E-state index contributed by atoms with van der Waals surface area (Å²) in [4.78, 5) is 14.4. The molecule has 3 nitrogen and oxygen atoms in total. The van der Waals surface area contributed by atoms with Gasteiger partial charge in [-0.05, 0) is 30.1 Å². The van der Waals surface area contributed by atoms with Gasteiger partial charge in [-0.2, -0.15) is 0 Å². The standard InChI is InChI=1S/C15H30N2O/c1-10-7-11(2)13(16)8-12(10)14(18)17(6)9-15(3,4)5/h10-13H,7-9,16H2,1-6H3. The van der Waals surface area contributed by atoms with Gasteiger partial charge in [0.05, 0.1) is 0 Å². The molecular formula is C15H30N2O. The first-order chi connectivity index (χ1) is 8.11. The van der Waals surface area contributed by atoms with E-state index in [0.29, 0.717) is 11.8 Å². The van der Waals surface area contributed by atoms with E-state index in [1.807, 2.05) is 11.9 Å². The Morgan fingerprint density at radius 1 is 1.22 bits per heavy atom. The van der Waals surface area contributed by atoms with Crippen molar-refractivity contribution in [1.82, 2.24) is 4.90 Å². The minimum atomic E-state index is 0.114. The first-order valence-corrected chi connectivity index (χ1v) is 7.12. The van der Waals surface area contributed by atoms with E-state index in [1.54, 1.807) is 0 Å². The number of nitrogens with two attached hydrogens (primary N) is 1. The summed E-state index contributed by atoms with van der Waals surface area (Å²) in [6, 6.07) is 0.179. The van der Waals surface area contributed by atoms with Gasteiger partial charge in [0.2, 0.25) is 5.91 Å². The normalized spacial score (nSPS) is 33.3. The van der Waals surface area contributed by atoms with Crippen molar-refractivity contribution in [3.05, 3.63) is 0 Å². The molecule has 0 saturated heterocycles. The predicted molar refractivity (Wildman–Crippen MR) is 76.1 cm³/mol. The molecule has 4 unspecified atom stereocenters. The Kier molecular flexibility index (Phi) is 4.82. The number of carbonyl (C=O) groups is 1. The average Bonchev–Trinajstić information content (AvgIpc) is 2.20. The molecule has 1 aliphatic carbocycles. The summed E-state index contributed by atoms with van der Waals surface area (Å²) in [5.74, 6) is 1.38. The smallest absolute Gasteiger partial charge is 0.225 e. The van der Waals surface area contributed by atoms with Crippen LogP contribution in [0.5, 0.6) is 0 Å². The van der Waals surface area contributed by atoms with Gasteiger partial charge in [0.15, 0.2) is 0 Å². The van der Waals surface area contributed by atoms with Crippen molar-refractivity contribution in [2.75, 3.05) is 13.6 Å². The van der Waals surface area contributed by atoms with Crippen LogP contribution < -0.4 is 5.73 Å². The molecule has 1 saturated carbocycles. The number of hydrogen-bond acceptors (Lipinski definition) is 2. The summed E-state index contributed by atoms with van der Waals surface area (Å²) in [7, 11) is 1.92. The van der Waals surface area contributed by atoms with Crippen molar-refractivity contribution in [3.8, 4) is 0 Å². The predicted octanol–water partition coefficient (Wildman–Crippen LogP) is 2.50. The summed E-state index contributed by atoms with van der Waals surface area (Å²) in [5, 5.41) is 0. The molecule has 18 heavy (non-hydrogen) atoms. The van der Waals surface area contributed by atoms with Crippen molar-refractivity contribution in [3.63, 3.8) is 0 Å². The van der Waals surface area contributed by atoms with Gasteiger partial charge in [-0.1, -0.05) is 34.6 Å². The Balaban J connectivity index is 2.66. The van der Waals surface area contributed by atoms with Crippen LogP contribution in [0, 0.1) is 23.2 Å². The molecule has 106 valence electrons. The number of nitrogens with zero attached hydrogens (tertiary/aromatic N) is 1. The van der Waals surface area contributed by atoms with Gasteiger partial charge >= 0.3 is 0 Å². The second-order valence-corrected chi connectivity index (χ2v) is 7.45. The lowest BCUT2D eigenvalue weighted by atomic mass is 9.72. The van der Waals surface area contributed by atoms with Gasteiger partial charge in [-0.3, -0.25) is 4.79 Å². The Morgan fingerprint density at radius 3 is 2.28 bits per heavy atom. The summed E-state index contributed by atoms with van der Waals surface area (Å²) < 4.78 is 0. The second kappa shape index (κ2) is 5.60. The molecule has 0 aromatic carbocycles. The molecule has 1 aliphatic rings. The van der Waals surface area contributed by atoms with Crippen LogP contribution in [0.25, 0.3) is 0 Å². The highest BCUT2D eigenvalue weighted by molar-refractivity contribution is 5.79. The lowest BCUT2D eigenvalue weighted by molar-refractivity contribution is -0.138. The van der Waals surface area contributed by atoms with E-state index in [9.17, 15) is 4.79 Å². The van der Waals surface area contributed by atoms with Gasteiger partial charge in [0.25, 0.3) is 0 Å². The molecular weight excluding hydrogens is 224 g/mol. The first-order valence-electron chi connectivity index (χ1n) is 7.12. The molecule has 0 aromatic rings.